The molecule has 2 aromatic heterocycles. The summed E-state index contributed by atoms with van der Waals surface area (Å²) >= 11 is 0. The van der Waals surface area contributed by atoms with Crippen LogP contribution in [0.2, 0.25) is 0 Å². The molecule has 5 nitrogen and oxygen atoms in total. The summed E-state index contributed by atoms with van der Waals surface area (Å²) in [5.74, 6) is 0.0218. The first-order valence-corrected chi connectivity index (χ1v) is 9.05. The zero-order chi connectivity index (χ0) is 17.6. The largest absolute Gasteiger partial charge is 0.348 e. The Bertz CT molecular complexity index is 731. The first-order valence-electron chi connectivity index (χ1n) is 9.05. The van der Waals surface area contributed by atoms with Gasteiger partial charge in [0, 0.05) is 25.4 Å². The van der Waals surface area contributed by atoms with E-state index in [1.54, 1.807) is 13.1 Å². The number of aryl methyl sites for hydroxylation is 2. The monoisotopic (exact) mass is 338 g/mol. The van der Waals surface area contributed by atoms with E-state index >= 15 is 0 Å². The van der Waals surface area contributed by atoms with E-state index in [0.717, 1.165) is 43.5 Å². The van der Waals surface area contributed by atoms with Crippen molar-refractivity contribution in [3.8, 4) is 0 Å². The quantitative estimate of drug-likeness (QED) is 0.837. The molecule has 25 heavy (non-hydrogen) atoms. The molecule has 0 aliphatic heterocycles. The number of fused-ring (bicyclic) bond motifs is 2. The van der Waals surface area contributed by atoms with Crippen LogP contribution in [0.5, 0.6) is 0 Å². The molecule has 2 aliphatic rings. The Labute approximate surface area is 149 Å². The van der Waals surface area contributed by atoms with Crippen LogP contribution in [0.3, 0.4) is 0 Å². The number of carbonyl (C=O) groups excluding carboxylic acids is 1. The van der Waals surface area contributed by atoms with Gasteiger partial charge in [-0.1, -0.05) is 12.1 Å². The molecule has 2 heterocycles. The summed E-state index contributed by atoms with van der Waals surface area (Å²) in [6.45, 7) is 1.55. The summed E-state index contributed by atoms with van der Waals surface area (Å²) < 4.78 is 0. The smallest absolute Gasteiger partial charge is 0.217 e. The van der Waals surface area contributed by atoms with Gasteiger partial charge in [0.05, 0.1) is 17.4 Å². The Balaban J connectivity index is 0.000000150. The first kappa shape index (κ1) is 17.5. The average Bonchev–Trinajstić information content (AvgIpc) is 2.63. The van der Waals surface area contributed by atoms with Gasteiger partial charge in [-0.25, -0.2) is 0 Å². The highest BCUT2D eigenvalue weighted by atomic mass is 16.1. The molecule has 4 rings (SSSR count). The second-order valence-corrected chi connectivity index (χ2v) is 6.74. The van der Waals surface area contributed by atoms with Crippen LogP contribution in [-0.2, 0) is 17.6 Å². The number of nitrogens with zero attached hydrogens (tertiary/aromatic N) is 2. The van der Waals surface area contributed by atoms with Crippen molar-refractivity contribution >= 4 is 5.91 Å². The maximum Gasteiger partial charge on any atom is 0.217 e. The summed E-state index contributed by atoms with van der Waals surface area (Å²) in [6, 6.07) is 8.46. The normalized spacial score (nSPS) is 21.2. The molecule has 5 heteroatoms. The molecule has 0 radical (unpaired) electrons. The molecule has 132 valence electrons. The minimum Gasteiger partial charge on any atom is -0.348 e. The van der Waals surface area contributed by atoms with E-state index in [4.69, 9.17) is 5.73 Å². The molecule has 2 aliphatic carbocycles. The summed E-state index contributed by atoms with van der Waals surface area (Å²) in [6.07, 6.45) is 10.3. The van der Waals surface area contributed by atoms with Gasteiger partial charge >= 0.3 is 0 Å². The van der Waals surface area contributed by atoms with E-state index in [1.807, 2.05) is 18.3 Å². The average molecular weight is 338 g/mol. The van der Waals surface area contributed by atoms with Crippen molar-refractivity contribution in [3.05, 3.63) is 59.2 Å². The lowest BCUT2D eigenvalue weighted by molar-refractivity contribution is -0.119. The maximum atomic E-state index is 11.0. The van der Waals surface area contributed by atoms with Gasteiger partial charge in [0.15, 0.2) is 0 Å². The van der Waals surface area contributed by atoms with Crippen molar-refractivity contribution in [1.82, 2.24) is 15.3 Å². The lowest BCUT2D eigenvalue weighted by atomic mass is 9.92. The van der Waals surface area contributed by atoms with Gasteiger partial charge in [-0.15, -0.1) is 0 Å². The van der Waals surface area contributed by atoms with E-state index in [-0.39, 0.29) is 18.0 Å². The molecule has 0 fully saturated rings. The summed E-state index contributed by atoms with van der Waals surface area (Å²) in [7, 11) is 0. The van der Waals surface area contributed by atoms with Crippen LogP contribution in [0.15, 0.2) is 36.7 Å². The van der Waals surface area contributed by atoms with Gasteiger partial charge in [-0.2, -0.15) is 0 Å². The van der Waals surface area contributed by atoms with Crippen LogP contribution in [0.4, 0.5) is 0 Å². The molecule has 0 saturated heterocycles. The van der Waals surface area contributed by atoms with Crippen molar-refractivity contribution in [2.75, 3.05) is 0 Å². The standard InChI is InChI=1S/C11H14N2O.C9H12N2/c1-8(14)13-10-6-2-4-9-5-3-7-12-11(9)10;10-8-5-1-3-7-4-2-6-11-9(7)8/h3,5,7,10H,2,4,6H2,1H3,(H,13,14);2,4,6,8H,1,3,5,10H2/t10-;8-/m10/s1. The van der Waals surface area contributed by atoms with Gasteiger partial charge < -0.3 is 11.1 Å². The van der Waals surface area contributed by atoms with Gasteiger partial charge in [0.2, 0.25) is 5.91 Å². The van der Waals surface area contributed by atoms with Gasteiger partial charge in [0.25, 0.3) is 0 Å². The molecule has 0 aromatic carbocycles. The number of pyridine rings is 2. The fraction of sp³-hybridized carbons (Fsp3) is 0.450. The molecular weight excluding hydrogens is 312 g/mol. The van der Waals surface area contributed by atoms with E-state index in [0.29, 0.717) is 0 Å². The maximum absolute atomic E-state index is 11.0. The van der Waals surface area contributed by atoms with Crippen molar-refractivity contribution in [2.45, 2.75) is 57.5 Å². The second-order valence-electron chi connectivity index (χ2n) is 6.74. The third-order valence-electron chi connectivity index (χ3n) is 4.81. The highest BCUT2D eigenvalue weighted by Crippen LogP contribution is 2.27. The van der Waals surface area contributed by atoms with Crippen LogP contribution in [-0.4, -0.2) is 15.9 Å². The predicted molar refractivity (Wildman–Crippen MR) is 97.8 cm³/mol. The SMILES string of the molecule is CC(=O)N[C@@H]1CCCc2cccnc21.N[C@H]1CCCc2cccnc21. The highest BCUT2D eigenvalue weighted by Gasteiger charge is 2.21. The molecule has 2 aromatic rings. The Morgan fingerprint density at radius 3 is 2.28 bits per heavy atom. The number of nitrogens with one attached hydrogen (secondary N) is 1. The van der Waals surface area contributed by atoms with Crippen LogP contribution in [0.1, 0.15) is 67.2 Å². The molecule has 3 N–H and O–H groups in total. The topological polar surface area (TPSA) is 80.9 Å². The van der Waals surface area contributed by atoms with Crippen molar-refractivity contribution < 1.29 is 4.79 Å². The minimum atomic E-state index is 0.0218. The van der Waals surface area contributed by atoms with Gasteiger partial charge in [-0.3, -0.25) is 14.8 Å². The third-order valence-corrected chi connectivity index (χ3v) is 4.81. The van der Waals surface area contributed by atoms with Crippen LogP contribution in [0, 0.1) is 0 Å². The fourth-order valence-corrected chi connectivity index (χ4v) is 3.64. The summed E-state index contributed by atoms with van der Waals surface area (Å²) in [5, 5.41) is 2.94. The van der Waals surface area contributed by atoms with E-state index in [9.17, 15) is 4.79 Å². The number of rotatable bonds is 1. The number of nitrogens with two attached hydrogens (primary N) is 1. The first-order chi connectivity index (χ1) is 12.1. The van der Waals surface area contributed by atoms with E-state index in [2.05, 4.69) is 27.4 Å². The number of aromatic nitrogens is 2. The van der Waals surface area contributed by atoms with Crippen LogP contribution < -0.4 is 11.1 Å². The molecule has 1 amide bonds. The molecule has 0 saturated carbocycles. The zero-order valence-corrected chi connectivity index (χ0v) is 14.7. The minimum absolute atomic E-state index is 0.0218. The Morgan fingerprint density at radius 2 is 1.64 bits per heavy atom. The second kappa shape index (κ2) is 8.21. The number of hydrogen-bond donors (Lipinski definition) is 2. The Morgan fingerprint density at radius 1 is 1.04 bits per heavy atom. The zero-order valence-electron chi connectivity index (χ0n) is 14.7. The Hall–Kier alpha value is -2.27. The van der Waals surface area contributed by atoms with Gasteiger partial charge in [0.1, 0.15) is 0 Å². The lowest BCUT2D eigenvalue weighted by Gasteiger charge is -2.24. The molecule has 0 unspecified atom stereocenters. The number of amides is 1. The lowest BCUT2D eigenvalue weighted by Crippen LogP contribution is -2.29. The van der Waals surface area contributed by atoms with Gasteiger partial charge in [-0.05, 0) is 61.8 Å². The van der Waals surface area contributed by atoms with Crippen LogP contribution in [0.25, 0.3) is 0 Å². The predicted octanol–water partition coefficient (Wildman–Crippen LogP) is 3.01. The van der Waals surface area contributed by atoms with E-state index in [1.165, 1.54) is 17.5 Å². The summed E-state index contributed by atoms with van der Waals surface area (Å²) in [4.78, 5) is 19.6. The molecule has 0 bridgehead atoms. The number of carbonyl (C=O) groups is 1. The van der Waals surface area contributed by atoms with Crippen molar-refractivity contribution in [1.29, 1.82) is 0 Å². The molecular formula is C20H26N4O. The van der Waals surface area contributed by atoms with Crippen molar-refractivity contribution in [3.63, 3.8) is 0 Å². The van der Waals surface area contributed by atoms with Crippen molar-refractivity contribution in [2.24, 2.45) is 5.73 Å². The molecule has 2 atom stereocenters. The highest BCUT2D eigenvalue weighted by molar-refractivity contribution is 5.73. The summed E-state index contributed by atoms with van der Waals surface area (Å²) in [5.41, 5.74) is 10.7. The van der Waals surface area contributed by atoms with Crippen LogP contribution >= 0.6 is 0 Å². The third kappa shape index (κ3) is 4.42. The number of hydrogen-bond acceptors (Lipinski definition) is 4. The molecule has 0 spiro atoms. The fourth-order valence-electron chi connectivity index (χ4n) is 3.64. The van der Waals surface area contributed by atoms with E-state index < -0.39 is 0 Å². The Kier molecular flexibility index (Phi) is 5.76.